The number of nitrogens with one attached hydrogen (secondary N) is 2. The summed E-state index contributed by atoms with van der Waals surface area (Å²) in [5.74, 6) is 0.151. The predicted molar refractivity (Wildman–Crippen MR) is 65.5 cm³/mol. The number of hydrogen-bond donors (Lipinski definition) is 2. The lowest BCUT2D eigenvalue weighted by molar-refractivity contribution is -0.120. The van der Waals surface area contributed by atoms with E-state index in [9.17, 15) is 4.79 Å². The van der Waals surface area contributed by atoms with Crippen LogP contribution in [0.1, 0.15) is 24.3 Å². The zero-order chi connectivity index (χ0) is 12.1. The molecule has 0 spiro atoms. The highest BCUT2D eigenvalue weighted by Crippen LogP contribution is 2.30. The summed E-state index contributed by atoms with van der Waals surface area (Å²) in [7, 11) is 0. The third-order valence-electron chi connectivity index (χ3n) is 2.99. The molecule has 0 aliphatic carbocycles. The van der Waals surface area contributed by atoms with E-state index in [1.54, 1.807) is 0 Å². The molecule has 4 nitrogen and oxygen atoms in total. The SMILES string of the molecule is N#CCC(=O)NCC1CCNc2ccccc21. The molecule has 0 saturated carbocycles. The molecule has 17 heavy (non-hydrogen) atoms. The molecule has 1 aromatic carbocycles. The largest absolute Gasteiger partial charge is 0.385 e. The Morgan fingerprint density at radius 3 is 3.18 bits per heavy atom. The number of carbonyl (C=O) groups excluding carboxylic acids is 1. The molecule has 0 bridgehead atoms. The van der Waals surface area contributed by atoms with E-state index in [-0.39, 0.29) is 12.3 Å². The van der Waals surface area contributed by atoms with E-state index in [4.69, 9.17) is 5.26 Å². The number of rotatable bonds is 3. The van der Waals surface area contributed by atoms with Gasteiger partial charge in [-0.3, -0.25) is 4.79 Å². The van der Waals surface area contributed by atoms with Crippen LogP contribution in [0.15, 0.2) is 24.3 Å². The molecule has 88 valence electrons. The van der Waals surface area contributed by atoms with Crippen molar-refractivity contribution in [3.8, 4) is 6.07 Å². The van der Waals surface area contributed by atoms with Gasteiger partial charge in [-0.15, -0.1) is 0 Å². The van der Waals surface area contributed by atoms with Crippen molar-refractivity contribution < 1.29 is 4.79 Å². The monoisotopic (exact) mass is 229 g/mol. The molecule has 1 heterocycles. The smallest absolute Gasteiger partial charge is 0.234 e. The maximum atomic E-state index is 11.2. The van der Waals surface area contributed by atoms with Gasteiger partial charge in [0.25, 0.3) is 0 Å². The minimum atomic E-state index is -0.191. The van der Waals surface area contributed by atoms with Gasteiger partial charge >= 0.3 is 0 Å². The van der Waals surface area contributed by atoms with Gasteiger partial charge in [0.1, 0.15) is 6.42 Å². The summed E-state index contributed by atoms with van der Waals surface area (Å²) in [6.45, 7) is 1.54. The van der Waals surface area contributed by atoms with Crippen molar-refractivity contribution >= 4 is 11.6 Å². The lowest BCUT2D eigenvalue weighted by atomic mass is 9.91. The Hall–Kier alpha value is -2.02. The molecular weight excluding hydrogens is 214 g/mol. The minimum Gasteiger partial charge on any atom is -0.385 e. The first kappa shape index (κ1) is 11.5. The first-order valence-corrected chi connectivity index (χ1v) is 5.77. The Morgan fingerprint density at radius 2 is 2.35 bits per heavy atom. The average molecular weight is 229 g/mol. The lowest BCUT2D eigenvalue weighted by Gasteiger charge is -2.26. The Morgan fingerprint density at radius 1 is 1.53 bits per heavy atom. The van der Waals surface area contributed by atoms with Gasteiger partial charge in [-0.2, -0.15) is 5.26 Å². The molecule has 2 N–H and O–H groups in total. The van der Waals surface area contributed by atoms with Crippen LogP contribution in [0.4, 0.5) is 5.69 Å². The van der Waals surface area contributed by atoms with Crippen LogP contribution in [0.25, 0.3) is 0 Å². The van der Waals surface area contributed by atoms with E-state index in [2.05, 4.69) is 22.8 Å². The quantitative estimate of drug-likeness (QED) is 0.827. The van der Waals surface area contributed by atoms with Crippen molar-refractivity contribution in [1.29, 1.82) is 5.26 Å². The van der Waals surface area contributed by atoms with Gasteiger partial charge in [0.15, 0.2) is 0 Å². The van der Waals surface area contributed by atoms with Crippen LogP contribution >= 0.6 is 0 Å². The molecule has 1 unspecified atom stereocenters. The molecule has 0 saturated heterocycles. The molecule has 1 aromatic rings. The second-order valence-corrected chi connectivity index (χ2v) is 4.14. The number of fused-ring (bicyclic) bond motifs is 1. The molecule has 1 amide bonds. The van der Waals surface area contributed by atoms with E-state index < -0.39 is 0 Å². The van der Waals surface area contributed by atoms with Crippen LogP contribution in [0.3, 0.4) is 0 Å². The molecule has 0 radical (unpaired) electrons. The summed E-state index contributed by atoms with van der Waals surface area (Å²) in [5, 5.41) is 14.6. The molecule has 0 aromatic heterocycles. The van der Waals surface area contributed by atoms with Crippen molar-refractivity contribution in [3.63, 3.8) is 0 Å². The van der Waals surface area contributed by atoms with Gasteiger partial charge in [0.05, 0.1) is 6.07 Å². The molecule has 0 fully saturated rings. The molecular formula is C13H15N3O. The highest BCUT2D eigenvalue weighted by Gasteiger charge is 2.19. The number of nitrogens with zero attached hydrogens (tertiary/aromatic N) is 1. The molecule has 1 atom stereocenters. The number of carbonyl (C=O) groups is 1. The number of benzene rings is 1. The van der Waals surface area contributed by atoms with Gasteiger partial charge in [-0.05, 0) is 18.1 Å². The second kappa shape index (κ2) is 5.35. The van der Waals surface area contributed by atoms with E-state index in [1.165, 1.54) is 5.56 Å². The van der Waals surface area contributed by atoms with Gasteiger partial charge < -0.3 is 10.6 Å². The third-order valence-corrected chi connectivity index (χ3v) is 2.99. The Kier molecular flexibility index (Phi) is 3.61. The van der Waals surface area contributed by atoms with Crippen molar-refractivity contribution in [3.05, 3.63) is 29.8 Å². The third kappa shape index (κ3) is 2.76. The molecule has 4 heteroatoms. The van der Waals surface area contributed by atoms with Crippen molar-refractivity contribution in [2.75, 3.05) is 18.4 Å². The van der Waals surface area contributed by atoms with Crippen LogP contribution in [0.5, 0.6) is 0 Å². The standard InChI is InChI=1S/C13H15N3O/c14-7-5-13(17)16-9-10-6-8-15-12-4-2-1-3-11(10)12/h1-4,10,15H,5-6,8-9H2,(H,16,17). The van der Waals surface area contributed by atoms with Crippen molar-refractivity contribution in [1.82, 2.24) is 5.32 Å². The minimum absolute atomic E-state index is 0.0629. The van der Waals surface area contributed by atoms with Crippen LogP contribution in [0.2, 0.25) is 0 Å². The summed E-state index contributed by atoms with van der Waals surface area (Å²) < 4.78 is 0. The number of anilines is 1. The van der Waals surface area contributed by atoms with Crippen LogP contribution in [-0.4, -0.2) is 19.0 Å². The lowest BCUT2D eigenvalue weighted by Crippen LogP contribution is -2.30. The van der Waals surface area contributed by atoms with Gasteiger partial charge in [0.2, 0.25) is 5.91 Å². The highest BCUT2D eigenvalue weighted by atomic mass is 16.1. The fourth-order valence-corrected chi connectivity index (χ4v) is 2.13. The Bertz CT molecular complexity index is 450. The van der Waals surface area contributed by atoms with Crippen molar-refractivity contribution in [2.24, 2.45) is 0 Å². The van der Waals surface area contributed by atoms with E-state index in [1.807, 2.05) is 18.2 Å². The Balaban J connectivity index is 1.99. The summed E-state index contributed by atoms with van der Waals surface area (Å²) >= 11 is 0. The molecule has 2 rings (SSSR count). The fraction of sp³-hybridized carbons (Fsp3) is 0.385. The second-order valence-electron chi connectivity index (χ2n) is 4.14. The summed E-state index contributed by atoms with van der Waals surface area (Å²) in [5.41, 5.74) is 2.40. The summed E-state index contributed by atoms with van der Waals surface area (Å²) in [6, 6.07) is 10.0. The number of amides is 1. The van der Waals surface area contributed by atoms with Gasteiger partial charge in [-0.1, -0.05) is 18.2 Å². The van der Waals surface area contributed by atoms with E-state index >= 15 is 0 Å². The molecule has 1 aliphatic rings. The first-order valence-electron chi connectivity index (χ1n) is 5.77. The average Bonchev–Trinajstić information content (AvgIpc) is 2.36. The summed E-state index contributed by atoms with van der Waals surface area (Å²) in [6.07, 6.45) is 0.941. The number of para-hydroxylation sites is 1. The maximum absolute atomic E-state index is 11.2. The zero-order valence-corrected chi connectivity index (χ0v) is 9.57. The number of hydrogen-bond acceptors (Lipinski definition) is 3. The first-order chi connectivity index (χ1) is 8.31. The predicted octanol–water partition coefficient (Wildman–Crippen LogP) is 1.62. The van der Waals surface area contributed by atoms with Crippen molar-refractivity contribution in [2.45, 2.75) is 18.8 Å². The summed E-state index contributed by atoms with van der Waals surface area (Å²) in [4.78, 5) is 11.2. The zero-order valence-electron chi connectivity index (χ0n) is 9.57. The fourth-order valence-electron chi connectivity index (χ4n) is 2.13. The van der Waals surface area contributed by atoms with E-state index in [0.29, 0.717) is 12.5 Å². The van der Waals surface area contributed by atoms with Gasteiger partial charge in [0, 0.05) is 24.7 Å². The molecule has 1 aliphatic heterocycles. The van der Waals surface area contributed by atoms with Crippen LogP contribution in [0, 0.1) is 11.3 Å². The number of nitriles is 1. The van der Waals surface area contributed by atoms with Crippen LogP contribution < -0.4 is 10.6 Å². The maximum Gasteiger partial charge on any atom is 0.234 e. The normalized spacial score (nSPS) is 17.5. The topological polar surface area (TPSA) is 64.9 Å². The van der Waals surface area contributed by atoms with Crippen LogP contribution in [-0.2, 0) is 4.79 Å². The van der Waals surface area contributed by atoms with E-state index in [0.717, 1.165) is 18.7 Å². The highest BCUT2D eigenvalue weighted by molar-refractivity contribution is 5.78. The van der Waals surface area contributed by atoms with Gasteiger partial charge in [-0.25, -0.2) is 0 Å². The Labute approximate surface area is 101 Å².